The summed E-state index contributed by atoms with van der Waals surface area (Å²) in [5.41, 5.74) is 2.08. The molecule has 2 aromatic rings. The van der Waals surface area contributed by atoms with E-state index < -0.39 is 6.29 Å². The number of hydrogen-bond acceptors (Lipinski definition) is 6. The van der Waals surface area contributed by atoms with Crippen LogP contribution < -0.4 is 10.9 Å². The Hall–Kier alpha value is -2.88. The van der Waals surface area contributed by atoms with Crippen molar-refractivity contribution < 1.29 is 24.1 Å². The Labute approximate surface area is 198 Å². The fourth-order valence-electron chi connectivity index (χ4n) is 4.19. The van der Waals surface area contributed by atoms with Gasteiger partial charge in [0.1, 0.15) is 0 Å². The Morgan fingerprint density at radius 2 is 1.97 bits per heavy atom. The van der Waals surface area contributed by atoms with Gasteiger partial charge in [-0.15, -0.1) is 0 Å². The summed E-state index contributed by atoms with van der Waals surface area (Å²) in [6.07, 6.45) is 3.70. The maximum atomic E-state index is 13.5. The molecular formula is C25H33N3O6. The molecule has 0 spiro atoms. The molecule has 9 heteroatoms. The molecule has 1 aliphatic carbocycles. The lowest BCUT2D eigenvalue weighted by Gasteiger charge is -2.29. The van der Waals surface area contributed by atoms with Gasteiger partial charge in [-0.05, 0) is 43.9 Å². The van der Waals surface area contributed by atoms with Gasteiger partial charge < -0.3 is 24.6 Å². The molecule has 1 aromatic heterocycles. The average Bonchev–Trinajstić information content (AvgIpc) is 3.64. The lowest BCUT2D eigenvalue weighted by molar-refractivity contribution is -0.151. The molecule has 1 saturated carbocycles. The molecule has 4 rings (SSSR count). The largest absolute Gasteiger partial charge is 0.459 e. The zero-order valence-corrected chi connectivity index (χ0v) is 19.7. The molecule has 2 atom stereocenters. The van der Waals surface area contributed by atoms with E-state index in [-0.39, 0.29) is 43.0 Å². The van der Waals surface area contributed by atoms with Crippen molar-refractivity contribution in [3.05, 3.63) is 63.8 Å². The molecule has 184 valence electrons. The lowest BCUT2D eigenvalue weighted by Crippen LogP contribution is -2.35. The number of carbonyl (C=O) groups is 1. The number of aliphatic hydroxyl groups is 1. The highest BCUT2D eigenvalue weighted by Crippen LogP contribution is 2.32. The predicted molar refractivity (Wildman–Crippen MR) is 126 cm³/mol. The first-order valence-corrected chi connectivity index (χ1v) is 11.8. The summed E-state index contributed by atoms with van der Waals surface area (Å²) in [4.78, 5) is 26.4. The molecule has 0 saturated heterocycles. The molecule has 2 N–H and O–H groups in total. The van der Waals surface area contributed by atoms with Crippen LogP contribution in [-0.2, 0) is 26.1 Å². The highest BCUT2D eigenvalue weighted by molar-refractivity contribution is 5.91. The number of carbonyl (C=O) groups excluding carboxylic acids is 1. The van der Waals surface area contributed by atoms with Gasteiger partial charge in [-0.3, -0.25) is 14.3 Å². The second-order valence-electron chi connectivity index (χ2n) is 8.76. The lowest BCUT2D eigenvalue weighted by atomic mass is 9.93. The Kier molecular flexibility index (Phi) is 7.87. The minimum absolute atomic E-state index is 0.0585. The standard InChI is InChI=1S/C25H33N3O6/c1-17-23(25(31)28(27(17)2)20-6-4-3-5-7-20)19-14-21(24(30)26-16-18-8-9-18)34-22(15-19)33-13-12-32-11-10-29/h3-7,14,18-19,22,29H,8-13,15-16H2,1-2H3,(H,26,30)/t19-,22+/m1/s1. The van der Waals surface area contributed by atoms with Crippen LogP contribution in [0.15, 0.2) is 47.0 Å². The summed E-state index contributed by atoms with van der Waals surface area (Å²) in [6.45, 7) is 3.24. The second kappa shape index (κ2) is 11.0. The maximum Gasteiger partial charge on any atom is 0.286 e. The zero-order valence-electron chi connectivity index (χ0n) is 19.7. The molecule has 2 heterocycles. The molecule has 1 aliphatic heterocycles. The molecule has 34 heavy (non-hydrogen) atoms. The number of nitrogens with one attached hydrogen (secondary N) is 1. The quantitative estimate of drug-likeness (QED) is 0.484. The number of para-hydroxylation sites is 1. The summed E-state index contributed by atoms with van der Waals surface area (Å²) in [5, 5.41) is 11.8. The van der Waals surface area contributed by atoms with Crippen LogP contribution in [-0.4, -0.2) is 59.6 Å². The number of rotatable bonds is 11. The third kappa shape index (κ3) is 5.60. The monoisotopic (exact) mass is 471 g/mol. The topological polar surface area (TPSA) is 104 Å². The van der Waals surface area contributed by atoms with Crippen molar-refractivity contribution >= 4 is 5.91 Å². The van der Waals surface area contributed by atoms with Gasteiger partial charge in [-0.2, -0.15) is 0 Å². The summed E-state index contributed by atoms with van der Waals surface area (Å²) in [6, 6.07) is 9.47. The molecule has 9 nitrogen and oxygen atoms in total. The van der Waals surface area contributed by atoms with Crippen molar-refractivity contribution in [2.24, 2.45) is 13.0 Å². The van der Waals surface area contributed by atoms with Crippen LogP contribution in [0.4, 0.5) is 0 Å². The number of aromatic nitrogens is 2. The van der Waals surface area contributed by atoms with Crippen molar-refractivity contribution in [1.29, 1.82) is 0 Å². The van der Waals surface area contributed by atoms with Crippen LogP contribution >= 0.6 is 0 Å². The van der Waals surface area contributed by atoms with Gasteiger partial charge >= 0.3 is 0 Å². The zero-order chi connectivity index (χ0) is 24.1. The number of amides is 1. The number of aliphatic hydroxyl groups excluding tert-OH is 1. The predicted octanol–water partition coefficient (Wildman–Crippen LogP) is 1.75. The SMILES string of the molecule is Cc1c([C@@H]2C=C(C(=O)NCC3CC3)O[C@H](OCCOCCO)C2)c(=O)n(-c2ccccc2)n1C. The Morgan fingerprint density at radius 3 is 2.68 bits per heavy atom. The third-order valence-electron chi connectivity index (χ3n) is 6.27. The maximum absolute atomic E-state index is 13.5. The molecule has 1 fully saturated rings. The third-order valence-corrected chi connectivity index (χ3v) is 6.27. The van der Waals surface area contributed by atoms with Gasteiger partial charge in [-0.25, -0.2) is 4.68 Å². The number of allylic oxidation sites excluding steroid dienone is 1. The van der Waals surface area contributed by atoms with Gasteiger partial charge in [0.2, 0.25) is 6.29 Å². The number of hydrogen-bond donors (Lipinski definition) is 2. The van der Waals surface area contributed by atoms with Gasteiger partial charge in [-0.1, -0.05) is 18.2 Å². The van der Waals surface area contributed by atoms with Crippen molar-refractivity contribution in [1.82, 2.24) is 14.7 Å². The summed E-state index contributed by atoms with van der Waals surface area (Å²) < 4.78 is 20.4. The molecular weight excluding hydrogens is 438 g/mol. The molecule has 1 amide bonds. The molecule has 1 aromatic carbocycles. The van der Waals surface area contributed by atoms with E-state index in [2.05, 4.69) is 5.32 Å². The summed E-state index contributed by atoms with van der Waals surface area (Å²) in [7, 11) is 1.85. The van der Waals surface area contributed by atoms with Crippen LogP contribution in [0, 0.1) is 12.8 Å². The highest BCUT2D eigenvalue weighted by atomic mass is 16.7. The van der Waals surface area contributed by atoms with E-state index >= 15 is 0 Å². The van der Waals surface area contributed by atoms with Crippen LogP contribution in [0.25, 0.3) is 5.69 Å². The molecule has 0 unspecified atom stereocenters. The van der Waals surface area contributed by atoms with Gasteiger partial charge in [0, 0.05) is 37.2 Å². The van der Waals surface area contributed by atoms with Crippen LogP contribution in [0.3, 0.4) is 0 Å². The Balaban J connectivity index is 1.59. The van der Waals surface area contributed by atoms with Gasteiger partial charge in [0.25, 0.3) is 11.5 Å². The van der Waals surface area contributed by atoms with Crippen molar-refractivity contribution in [3.63, 3.8) is 0 Å². The van der Waals surface area contributed by atoms with Crippen LogP contribution in [0.5, 0.6) is 0 Å². The van der Waals surface area contributed by atoms with E-state index in [9.17, 15) is 9.59 Å². The minimum atomic E-state index is -0.696. The second-order valence-corrected chi connectivity index (χ2v) is 8.76. The number of benzene rings is 1. The first-order valence-electron chi connectivity index (χ1n) is 11.8. The highest BCUT2D eigenvalue weighted by Gasteiger charge is 2.33. The van der Waals surface area contributed by atoms with E-state index in [4.69, 9.17) is 19.3 Å². The minimum Gasteiger partial charge on any atom is -0.459 e. The molecule has 0 bridgehead atoms. The van der Waals surface area contributed by atoms with Crippen LogP contribution in [0.1, 0.15) is 36.4 Å². The van der Waals surface area contributed by atoms with Gasteiger partial charge in [0.15, 0.2) is 5.76 Å². The van der Waals surface area contributed by atoms with E-state index in [1.807, 2.05) is 49.0 Å². The van der Waals surface area contributed by atoms with E-state index in [1.54, 1.807) is 10.8 Å². The Morgan fingerprint density at radius 1 is 1.21 bits per heavy atom. The van der Waals surface area contributed by atoms with E-state index in [0.717, 1.165) is 24.2 Å². The summed E-state index contributed by atoms with van der Waals surface area (Å²) >= 11 is 0. The van der Waals surface area contributed by atoms with E-state index in [1.165, 1.54) is 0 Å². The first-order chi connectivity index (χ1) is 16.5. The Bertz CT molecular complexity index is 1070. The normalized spacial score (nSPS) is 20.0. The van der Waals surface area contributed by atoms with Crippen molar-refractivity contribution in [2.75, 3.05) is 33.0 Å². The number of ether oxygens (including phenoxy) is 3. The fraction of sp³-hybridized carbons (Fsp3) is 0.520. The van der Waals surface area contributed by atoms with Crippen molar-refractivity contribution in [3.8, 4) is 5.69 Å². The average molecular weight is 472 g/mol. The number of nitrogens with zero attached hydrogens (tertiary/aromatic N) is 2. The van der Waals surface area contributed by atoms with Crippen molar-refractivity contribution in [2.45, 2.75) is 38.4 Å². The van der Waals surface area contributed by atoms with Crippen LogP contribution in [0.2, 0.25) is 0 Å². The first kappa shape index (κ1) is 24.3. The van der Waals surface area contributed by atoms with E-state index in [0.29, 0.717) is 31.1 Å². The summed E-state index contributed by atoms with van der Waals surface area (Å²) in [5.74, 6) is 0.0716. The molecule has 0 radical (unpaired) electrons. The smallest absolute Gasteiger partial charge is 0.286 e. The van der Waals surface area contributed by atoms with Gasteiger partial charge in [0.05, 0.1) is 32.1 Å². The fourth-order valence-corrected chi connectivity index (χ4v) is 4.19. The molecule has 2 aliphatic rings.